The Labute approximate surface area is 199 Å². The number of para-hydroxylation sites is 1. The highest BCUT2D eigenvalue weighted by Gasteiger charge is 2.19. The Morgan fingerprint density at radius 1 is 1.15 bits per heavy atom. The number of ether oxygens (including phenoxy) is 2. The molecule has 178 valence electrons. The number of nitrogens with one attached hydrogen (secondary N) is 2. The van der Waals surface area contributed by atoms with Crippen molar-refractivity contribution in [3.8, 4) is 5.75 Å². The SMILES string of the molecule is COc1cc2c(cc1Nc1ncc(C(N)=O)c(Nc3ccccc3[C@@H](C)OC)n1)CN(C)CC2. The summed E-state index contributed by atoms with van der Waals surface area (Å²) in [6.07, 6.45) is 2.23. The summed E-state index contributed by atoms with van der Waals surface area (Å²) in [5, 5.41) is 6.49. The molecule has 0 radical (unpaired) electrons. The van der Waals surface area contributed by atoms with Gasteiger partial charge in [-0.2, -0.15) is 4.98 Å². The Kier molecular flexibility index (Phi) is 6.95. The van der Waals surface area contributed by atoms with Gasteiger partial charge in [-0.1, -0.05) is 18.2 Å². The first kappa shape index (κ1) is 23.5. The van der Waals surface area contributed by atoms with E-state index in [4.69, 9.17) is 15.2 Å². The van der Waals surface area contributed by atoms with Crippen molar-refractivity contribution in [1.82, 2.24) is 14.9 Å². The van der Waals surface area contributed by atoms with Crippen LogP contribution in [0.1, 0.15) is 40.1 Å². The predicted molar refractivity (Wildman–Crippen MR) is 132 cm³/mol. The molecular formula is C25H30N6O3. The first-order chi connectivity index (χ1) is 16.4. The number of hydrogen-bond donors (Lipinski definition) is 3. The number of anilines is 4. The van der Waals surface area contributed by atoms with E-state index in [-0.39, 0.29) is 11.7 Å². The van der Waals surface area contributed by atoms with E-state index in [9.17, 15) is 4.79 Å². The zero-order chi connectivity index (χ0) is 24.2. The second-order valence-corrected chi connectivity index (χ2v) is 8.34. The van der Waals surface area contributed by atoms with E-state index in [0.717, 1.165) is 36.4 Å². The molecule has 4 rings (SSSR count). The Balaban J connectivity index is 1.69. The van der Waals surface area contributed by atoms with Gasteiger partial charge in [0.15, 0.2) is 0 Å². The summed E-state index contributed by atoms with van der Waals surface area (Å²) in [6, 6.07) is 11.8. The number of aromatic nitrogens is 2. The van der Waals surface area contributed by atoms with Crippen molar-refractivity contribution in [2.24, 2.45) is 5.73 Å². The average molecular weight is 463 g/mol. The van der Waals surface area contributed by atoms with E-state index in [2.05, 4.69) is 44.7 Å². The number of nitrogens with zero attached hydrogens (tertiary/aromatic N) is 3. The molecule has 2 heterocycles. The summed E-state index contributed by atoms with van der Waals surface area (Å²) in [5.74, 6) is 0.699. The highest BCUT2D eigenvalue weighted by Crippen LogP contribution is 2.34. The minimum Gasteiger partial charge on any atom is -0.495 e. The maximum absolute atomic E-state index is 12.1. The number of benzene rings is 2. The number of carbonyl (C=O) groups is 1. The lowest BCUT2D eigenvalue weighted by Gasteiger charge is -2.26. The van der Waals surface area contributed by atoms with E-state index in [1.807, 2.05) is 31.2 Å². The summed E-state index contributed by atoms with van der Waals surface area (Å²) < 4.78 is 11.1. The Morgan fingerprint density at radius 3 is 2.68 bits per heavy atom. The molecule has 0 spiro atoms. The van der Waals surface area contributed by atoms with Gasteiger partial charge in [0.25, 0.3) is 5.91 Å². The van der Waals surface area contributed by atoms with Crippen molar-refractivity contribution < 1.29 is 14.3 Å². The van der Waals surface area contributed by atoms with Crippen molar-refractivity contribution in [2.45, 2.75) is 26.0 Å². The van der Waals surface area contributed by atoms with Crippen LogP contribution in [0.25, 0.3) is 0 Å². The molecule has 0 bridgehead atoms. The fourth-order valence-corrected chi connectivity index (χ4v) is 4.05. The normalized spacial score (nSPS) is 14.2. The molecule has 9 heteroatoms. The molecule has 4 N–H and O–H groups in total. The van der Waals surface area contributed by atoms with Gasteiger partial charge in [0.1, 0.15) is 17.1 Å². The Bertz CT molecular complexity index is 1200. The summed E-state index contributed by atoms with van der Waals surface area (Å²) in [4.78, 5) is 23.2. The second-order valence-electron chi connectivity index (χ2n) is 8.34. The van der Waals surface area contributed by atoms with Crippen molar-refractivity contribution >= 4 is 29.0 Å². The number of primary amides is 1. The maximum atomic E-state index is 12.1. The molecule has 1 aromatic heterocycles. The zero-order valence-electron chi connectivity index (χ0n) is 19.9. The van der Waals surface area contributed by atoms with Gasteiger partial charge in [-0.05, 0) is 49.7 Å². The molecule has 1 aliphatic rings. The van der Waals surface area contributed by atoms with Gasteiger partial charge >= 0.3 is 0 Å². The summed E-state index contributed by atoms with van der Waals surface area (Å²) in [6.45, 7) is 3.82. The number of amides is 1. The summed E-state index contributed by atoms with van der Waals surface area (Å²) >= 11 is 0. The van der Waals surface area contributed by atoms with Crippen LogP contribution in [0, 0.1) is 0 Å². The van der Waals surface area contributed by atoms with Crippen LogP contribution in [0.15, 0.2) is 42.6 Å². The zero-order valence-corrected chi connectivity index (χ0v) is 19.9. The summed E-state index contributed by atoms with van der Waals surface area (Å²) in [5.41, 5.74) is 10.7. The number of hydrogen-bond acceptors (Lipinski definition) is 8. The number of fused-ring (bicyclic) bond motifs is 1. The van der Waals surface area contributed by atoms with Gasteiger partial charge in [0.2, 0.25) is 5.95 Å². The lowest BCUT2D eigenvalue weighted by molar-refractivity contribution is 0.100. The molecule has 1 atom stereocenters. The van der Waals surface area contributed by atoms with E-state index in [0.29, 0.717) is 17.5 Å². The average Bonchev–Trinajstić information content (AvgIpc) is 2.83. The van der Waals surface area contributed by atoms with Crippen LogP contribution in [0.5, 0.6) is 5.75 Å². The molecule has 0 saturated carbocycles. The van der Waals surface area contributed by atoms with Crippen LogP contribution in [0.4, 0.5) is 23.1 Å². The summed E-state index contributed by atoms with van der Waals surface area (Å²) in [7, 11) is 5.39. The molecular weight excluding hydrogens is 432 g/mol. The molecule has 2 aromatic carbocycles. The smallest absolute Gasteiger partial charge is 0.254 e. The van der Waals surface area contributed by atoms with Gasteiger partial charge in [0.05, 0.1) is 18.9 Å². The predicted octanol–water partition coefficient (Wildman–Crippen LogP) is 3.77. The highest BCUT2D eigenvalue weighted by molar-refractivity contribution is 5.98. The van der Waals surface area contributed by atoms with Crippen molar-refractivity contribution in [3.63, 3.8) is 0 Å². The number of nitrogens with two attached hydrogens (primary N) is 1. The van der Waals surface area contributed by atoms with Gasteiger partial charge in [-0.15, -0.1) is 0 Å². The third kappa shape index (κ3) is 4.95. The first-order valence-corrected chi connectivity index (χ1v) is 11.1. The van der Waals surface area contributed by atoms with Crippen LogP contribution in [-0.2, 0) is 17.7 Å². The van der Waals surface area contributed by atoms with Gasteiger partial charge in [-0.25, -0.2) is 4.98 Å². The first-order valence-electron chi connectivity index (χ1n) is 11.1. The minimum atomic E-state index is -0.624. The molecule has 34 heavy (non-hydrogen) atoms. The second kappa shape index (κ2) is 10.1. The third-order valence-corrected chi connectivity index (χ3v) is 6.03. The quantitative estimate of drug-likeness (QED) is 0.464. The van der Waals surface area contributed by atoms with Gasteiger partial charge in [0, 0.05) is 37.6 Å². The van der Waals surface area contributed by atoms with Crippen LogP contribution in [-0.4, -0.2) is 48.6 Å². The largest absolute Gasteiger partial charge is 0.495 e. The van der Waals surface area contributed by atoms with E-state index in [1.54, 1.807) is 14.2 Å². The minimum absolute atomic E-state index is 0.155. The van der Waals surface area contributed by atoms with Crippen molar-refractivity contribution in [3.05, 3.63) is 64.8 Å². The number of methoxy groups -OCH3 is 2. The van der Waals surface area contributed by atoms with E-state index >= 15 is 0 Å². The highest BCUT2D eigenvalue weighted by atomic mass is 16.5. The standard InChI is InChI=1S/C25H30N6O3/c1-15(33-3)18-7-5-6-8-20(18)28-24-19(23(26)32)13-27-25(30-24)29-21-11-17-14-31(2)10-9-16(17)12-22(21)34-4/h5-8,11-13,15H,9-10,14H2,1-4H3,(H2,26,32)(H2,27,28,29,30)/t15-/m1/s1. The van der Waals surface area contributed by atoms with Crippen LogP contribution in [0.2, 0.25) is 0 Å². The van der Waals surface area contributed by atoms with Crippen molar-refractivity contribution in [2.75, 3.05) is 38.4 Å². The molecule has 1 amide bonds. The fourth-order valence-electron chi connectivity index (χ4n) is 4.05. The van der Waals surface area contributed by atoms with Crippen LogP contribution < -0.4 is 21.1 Å². The molecule has 0 fully saturated rings. The molecule has 1 aliphatic heterocycles. The molecule has 3 aromatic rings. The van der Waals surface area contributed by atoms with Crippen LogP contribution >= 0.6 is 0 Å². The van der Waals surface area contributed by atoms with Gasteiger partial charge in [-0.3, -0.25) is 4.79 Å². The molecule has 0 unspecified atom stereocenters. The Hall–Kier alpha value is -3.69. The maximum Gasteiger partial charge on any atom is 0.254 e. The lowest BCUT2D eigenvalue weighted by Crippen LogP contribution is -2.26. The van der Waals surface area contributed by atoms with Crippen LogP contribution in [0.3, 0.4) is 0 Å². The monoisotopic (exact) mass is 462 g/mol. The molecule has 0 aliphatic carbocycles. The topological polar surface area (TPSA) is 115 Å². The lowest BCUT2D eigenvalue weighted by atomic mass is 9.99. The fraction of sp³-hybridized carbons (Fsp3) is 0.320. The number of carbonyl (C=O) groups excluding carboxylic acids is 1. The van der Waals surface area contributed by atoms with Crippen molar-refractivity contribution in [1.29, 1.82) is 0 Å². The number of likely N-dealkylation sites (N-methyl/N-ethyl adjacent to an activating group) is 1. The molecule has 0 saturated heterocycles. The van der Waals surface area contributed by atoms with Gasteiger partial charge < -0.3 is 30.7 Å². The van der Waals surface area contributed by atoms with E-state index in [1.165, 1.54) is 17.3 Å². The third-order valence-electron chi connectivity index (χ3n) is 6.03. The van der Waals surface area contributed by atoms with E-state index < -0.39 is 5.91 Å². The Morgan fingerprint density at radius 2 is 1.94 bits per heavy atom. The number of rotatable bonds is 8. The molecule has 9 nitrogen and oxygen atoms in total.